The number of carbonyl (C=O) groups is 1. The molecular weight excluding hydrogens is 327 g/mol. The Labute approximate surface area is 145 Å². The van der Waals surface area contributed by atoms with Gasteiger partial charge in [0.05, 0.1) is 41.8 Å². The lowest BCUT2D eigenvalue weighted by Crippen LogP contribution is -2.26. The first kappa shape index (κ1) is 19.4. The SMILES string of the molecule is CC(C)C(=O)Nc1cc2cc(C(C)(C)O)n(C[C@@H](O)CO)c2cc1F. The third-order valence-electron chi connectivity index (χ3n) is 4.00. The lowest BCUT2D eigenvalue weighted by atomic mass is 10.1. The molecule has 4 N–H and O–H groups in total. The molecule has 0 aliphatic rings. The first-order chi connectivity index (χ1) is 11.5. The molecule has 0 unspecified atom stereocenters. The third kappa shape index (κ3) is 4.18. The van der Waals surface area contributed by atoms with E-state index in [9.17, 15) is 19.4 Å². The number of benzene rings is 1. The zero-order valence-electron chi connectivity index (χ0n) is 14.9. The van der Waals surface area contributed by atoms with Gasteiger partial charge in [0.15, 0.2) is 0 Å². The molecule has 0 spiro atoms. The summed E-state index contributed by atoms with van der Waals surface area (Å²) in [6.07, 6.45) is -1.04. The highest BCUT2D eigenvalue weighted by molar-refractivity contribution is 5.95. The first-order valence-corrected chi connectivity index (χ1v) is 8.20. The van der Waals surface area contributed by atoms with Crippen LogP contribution in [0.4, 0.5) is 10.1 Å². The van der Waals surface area contributed by atoms with E-state index in [1.807, 2.05) is 0 Å². The summed E-state index contributed by atoms with van der Waals surface area (Å²) in [4.78, 5) is 11.8. The quantitative estimate of drug-likeness (QED) is 0.639. The standard InChI is InChI=1S/C18H25FN2O4/c1-10(2)17(24)20-14-5-11-6-16(18(3,4)25)21(8-12(23)9-22)15(11)7-13(14)19/h5-7,10,12,22-23,25H,8-9H2,1-4H3,(H,20,24)/t12-/m1/s1. The molecule has 7 heteroatoms. The summed E-state index contributed by atoms with van der Waals surface area (Å²) >= 11 is 0. The number of aliphatic hydroxyl groups is 3. The number of rotatable bonds is 6. The van der Waals surface area contributed by atoms with Crippen molar-refractivity contribution in [1.29, 1.82) is 0 Å². The summed E-state index contributed by atoms with van der Waals surface area (Å²) < 4.78 is 16.0. The van der Waals surface area contributed by atoms with Crippen molar-refractivity contribution in [2.75, 3.05) is 11.9 Å². The van der Waals surface area contributed by atoms with Crippen LogP contribution in [0.25, 0.3) is 10.9 Å². The molecule has 6 nitrogen and oxygen atoms in total. The van der Waals surface area contributed by atoms with E-state index < -0.39 is 24.1 Å². The normalized spacial score (nSPS) is 13.5. The Hall–Kier alpha value is -1.96. The summed E-state index contributed by atoms with van der Waals surface area (Å²) in [5, 5.41) is 32.4. The van der Waals surface area contributed by atoms with E-state index in [2.05, 4.69) is 5.32 Å². The average Bonchev–Trinajstić information content (AvgIpc) is 2.85. The van der Waals surface area contributed by atoms with Gasteiger partial charge in [-0.3, -0.25) is 4.79 Å². The Balaban J connectivity index is 2.58. The van der Waals surface area contributed by atoms with Crippen LogP contribution >= 0.6 is 0 Å². The molecule has 1 aromatic heterocycles. The number of amides is 1. The van der Waals surface area contributed by atoms with E-state index >= 15 is 0 Å². The second kappa shape index (κ2) is 7.11. The second-order valence-corrected chi connectivity index (χ2v) is 7.07. The molecule has 2 aromatic rings. The van der Waals surface area contributed by atoms with Gasteiger partial charge in [0, 0.05) is 17.4 Å². The summed E-state index contributed by atoms with van der Waals surface area (Å²) in [5.74, 6) is -1.19. The van der Waals surface area contributed by atoms with Gasteiger partial charge in [0.1, 0.15) is 5.82 Å². The number of hydrogen-bond acceptors (Lipinski definition) is 4. The lowest BCUT2D eigenvalue weighted by molar-refractivity contribution is -0.118. The van der Waals surface area contributed by atoms with Crippen LogP contribution in [0.1, 0.15) is 33.4 Å². The number of aliphatic hydroxyl groups excluding tert-OH is 2. The minimum atomic E-state index is -1.23. The van der Waals surface area contributed by atoms with Crippen molar-refractivity contribution in [3.05, 3.63) is 29.7 Å². The largest absolute Gasteiger partial charge is 0.394 e. The van der Waals surface area contributed by atoms with Gasteiger partial charge in [-0.05, 0) is 26.0 Å². The monoisotopic (exact) mass is 352 g/mol. The van der Waals surface area contributed by atoms with Crippen LogP contribution in [0, 0.1) is 11.7 Å². The summed E-state index contributed by atoms with van der Waals surface area (Å²) in [6.45, 7) is 6.16. The van der Waals surface area contributed by atoms with Gasteiger partial charge in [-0.25, -0.2) is 4.39 Å². The van der Waals surface area contributed by atoms with Crippen molar-refractivity contribution >= 4 is 22.5 Å². The predicted octanol–water partition coefficient (Wildman–Crippen LogP) is 1.96. The fraction of sp³-hybridized carbons (Fsp3) is 0.500. The van der Waals surface area contributed by atoms with Crippen molar-refractivity contribution < 1.29 is 24.5 Å². The molecule has 1 amide bonds. The van der Waals surface area contributed by atoms with Gasteiger partial charge < -0.3 is 25.2 Å². The molecule has 2 rings (SSSR count). The van der Waals surface area contributed by atoms with Gasteiger partial charge in [-0.2, -0.15) is 0 Å². The van der Waals surface area contributed by atoms with E-state index in [0.29, 0.717) is 16.6 Å². The Bertz CT molecular complexity index is 777. The number of hydrogen-bond donors (Lipinski definition) is 4. The maximum absolute atomic E-state index is 14.4. The molecule has 25 heavy (non-hydrogen) atoms. The molecule has 0 saturated carbocycles. The molecule has 0 saturated heterocycles. The van der Waals surface area contributed by atoms with Gasteiger partial charge in [-0.1, -0.05) is 13.8 Å². The van der Waals surface area contributed by atoms with E-state index in [4.69, 9.17) is 5.11 Å². The van der Waals surface area contributed by atoms with Crippen LogP contribution < -0.4 is 5.32 Å². The minimum absolute atomic E-state index is 0.0104. The average molecular weight is 352 g/mol. The van der Waals surface area contributed by atoms with Gasteiger partial charge in [0.2, 0.25) is 5.91 Å². The molecule has 138 valence electrons. The van der Waals surface area contributed by atoms with Crippen LogP contribution in [-0.4, -0.2) is 38.5 Å². The highest BCUT2D eigenvalue weighted by Gasteiger charge is 2.25. The molecule has 1 atom stereocenters. The van der Waals surface area contributed by atoms with Gasteiger partial charge >= 0.3 is 0 Å². The zero-order valence-corrected chi connectivity index (χ0v) is 14.9. The molecule has 0 bridgehead atoms. The van der Waals surface area contributed by atoms with E-state index in [1.54, 1.807) is 38.3 Å². The van der Waals surface area contributed by atoms with E-state index in [-0.39, 0.29) is 24.1 Å². The maximum atomic E-state index is 14.4. The Morgan fingerprint density at radius 1 is 1.32 bits per heavy atom. The number of aromatic nitrogens is 1. The summed E-state index contributed by atoms with van der Waals surface area (Å²) in [6, 6.07) is 4.44. The second-order valence-electron chi connectivity index (χ2n) is 7.07. The van der Waals surface area contributed by atoms with E-state index in [0.717, 1.165) is 0 Å². The molecule has 1 heterocycles. The zero-order chi connectivity index (χ0) is 18.9. The number of anilines is 1. The number of fused-ring (bicyclic) bond motifs is 1. The van der Waals surface area contributed by atoms with Crippen LogP contribution in [0.3, 0.4) is 0 Å². The van der Waals surface area contributed by atoms with Gasteiger partial charge in [-0.15, -0.1) is 0 Å². The fourth-order valence-electron chi connectivity index (χ4n) is 2.63. The van der Waals surface area contributed by atoms with Crippen LogP contribution in [-0.2, 0) is 16.9 Å². The van der Waals surface area contributed by atoms with Crippen LogP contribution in [0.15, 0.2) is 18.2 Å². The summed E-state index contributed by atoms with van der Waals surface area (Å²) in [5.41, 5.74) is -0.230. The predicted molar refractivity (Wildman–Crippen MR) is 93.7 cm³/mol. The summed E-state index contributed by atoms with van der Waals surface area (Å²) in [7, 11) is 0. The van der Waals surface area contributed by atoms with Gasteiger partial charge in [0.25, 0.3) is 0 Å². The maximum Gasteiger partial charge on any atom is 0.227 e. The van der Waals surface area contributed by atoms with Crippen molar-refractivity contribution in [3.63, 3.8) is 0 Å². The topological polar surface area (TPSA) is 94.7 Å². The fourth-order valence-corrected chi connectivity index (χ4v) is 2.63. The molecule has 1 aromatic carbocycles. The Morgan fingerprint density at radius 2 is 1.96 bits per heavy atom. The molecule has 0 fully saturated rings. The van der Waals surface area contributed by atoms with E-state index in [1.165, 1.54) is 12.1 Å². The smallest absolute Gasteiger partial charge is 0.227 e. The lowest BCUT2D eigenvalue weighted by Gasteiger charge is -2.22. The number of nitrogens with zero attached hydrogens (tertiary/aromatic N) is 1. The number of nitrogens with one attached hydrogen (secondary N) is 1. The Morgan fingerprint density at radius 3 is 2.48 bits per heavy atom. The highest BCUT2D eigenvalue weighted by atomic mass is 19.1. The Kier molecular flexibility index (Phi) is 5.51. The number of halogens is 1. The van der Waals surface area contributed by atoms with Crippen molar-refractivity contribution in [3.8, 4) is 0 Å². The van der Waals surface area contributed by atoms with Crippen molar-refractivity contribution in [2.24, 2.45) is 5.92 Å². The van der Waals surface area contributed by atoms with Crippen molar-refractivity contribution in [2.45, 2.75) is 45.9 Å². The highest BCUT2D eigenvalue weighted by Crippen LogP contribution is 2.31. The molecule has 0 aliphatic heterocycles. The van der Waals surface area contributed by atoms with Crippen LogP contribution in [0.2, 0.25) is 0 Å². The van der Waals surface area contributed by atoms with Crippen LogP contribution in [0.5, 0.6) is 0 Å². The molecular formula is C18H25FN2O4. The third-order valence-corrected chi connectivity index (χ3v) is 4.00. The van der Waals surface area contributed by atoms with Crippen molar-refractivity contribution in [1.82, 2.24) is 4.57 Å². The number of carbonyl (C=O) groups excluding carboxylic acids is 1. The molecule has 0 aliphatic carbocycles. The molecule has 0 radical (unpaired) electrons. The first-order valence-electron chi connectivity index (χ1n) is 8.20. The minimum Gasteiger partial charge on any atom is -0.394 e.